The van der Waals surface area contributed by atoms with E-state index in [4.69, 9.17) is 4.74 Å². The second-order valence-electron chi connectivity index (χ2n) is 7.05. The first-order valence-corrected chi connectivity index (χ1v) is 10.8. The van der Waals surface area contributed by atoms with Crippen LogP contribution in [0, 0.1) is 6.92 Å². The average Bonchev–Trinajstić information content (AvgIpc) is 3.19. The van der Waals surface area contributed by atoms with Crippen molar-refractivity contribution in [2.45, 2.75) is 31.1 Å². The lowest BCUT2D eigenvalue weighted by Gasteiger charge is -2.35. The van der Waals surface area contributed by atoms with Crippen LogP contribution in [0.2, 0.25) is 0 Å². The van der Waals surface area contributed by atoms with Gasteiger partial charge in [-0.2, -0.15) is 11.8 Å². The SMILES string of the molecule is CN=C(NCC1CCCS1)NCC(c1cccc(C)c1)N1CCOCC1. The molecule has 0 aromatic heterocycles. The number of thioether (sulfide) groups is 1. The topological polar surface area (TPSA) is 48.9 Å². The Bertz CT molecular complexity index is 583. The monoisotopic (exact) mass is 376 g/mol. The summed E-state index contributed by atoms with van der Waals surface area (Å²) < 4.78 is 5.55. The molecule has 6 heteroatoms. The lowest BCUT2D eigenvalue weighted by Crippen LogP contribution is -2.47. The summed E-state index contributed by atoms with van der Waals surface area (Å²) in [6, 6.07) is 9.18. The molecular formula is C20H32N4OS. The molecular weight excluding hydrogens is 344 g/mol. The Labute approximate surface area is 162 Å². The average molecular weight is 377 g/mol. The Hall–Kier alpha value is -1.24. The molecule has 0 bridgehead atoms. The molecule has 1 aromatic carbocycles. The zero-order valence-corrected chi connectivity index (χ0v) is 16.9. The fourth-order valence-corrected chi connectivity index (χ4v) is 4.86. The molecule has 26 heavy (non-hydrogen) atoms. The number of benzene rings is 1. The molecule has 2 heterocycles. The lowest BCUT2D eigenvalue weighted by atomic mass is 10.0. The van der Waals surface area contributed by atoms with Crippen LogP contribution in [0.15, 0.2) is 29.3 Å². The van der Waals surface area contributed by atoms with E-state index in [1.54, 1.807) is 0 Å². The summed E-state index contributed by atoms with van der Waals surface area (Å²) in [4.78, 5) is 6.94. The van der Waals surface area contributed by atoms with Crippen LogP contribution in [0.3, 0.4) is 0 Å². The highest BCUT2D eigenvalue weighted by atomic mass is 32.2. The molecule has 0 radical (unpaired) electrons. The highest BCUT2D eigenvalue weighted by Crippen LogP contribution is 2.25. The van der Waals surface area contributed by atoms with Gasteiger partial charge in [-0.05, 0) is 31.1 Å². The fraction of sp³-hybridized carbons (Fsp3) is 0.650. The number of aliphatic imine (C=N–C) groups is 1. The van der Waals surface area contributed by atoms with E-state index in [0.29, 0.717) is 6.04 Å². The summed E-state index contributed by atoms with van der Waals surface area (Å²) in [5.74, 6) is 2.20. The molecule has 2 atom stereocenters. The number of aryl methyl sites for hydroxylation is 1. The van der Waals surface area contributed by atoms with Gasteiger partial charge in [0.2, 0.25) is 0 Å². The summed E-state index contributed by atoms with van der Waals surface area (Å²) in [6.07, 6.45) is 2.66. The number of hydrogen-bond acceptors (Lipinski definition) is 4. The maximum absolute atomic E-state index is 5.55. The van der Waals surface area contributed by atoms with Crippen LogP contribution >= 0.6 is 11.8 Å². The molecule has 5 nitrogen and oxygen atoms in total. The second kappa shape index (κ2) is 10.2. The van der Waals surface area contributed by atoms with E-state index in [0.717, 1.165) is 50.6 Å². The maximum Gasteiger partial charge on any atom is 0.191 e. The van der Waals surface area contributed by atoms with Gasteiger partial charge in [0.25, 0.3) is 0 Å². The van der Waals surface area contributed by atoms with Gasteiger partial charge in [0, 0.05) is 38.5 Å². The van der Waals surface area contributed by atoms with Gasteiger partial charge < -0.3 is 15.4 Å². The molecule has 2 fully saturated rings. The molecule has 2 N–H and O–H groups in total. The maximum atomic E-state index is 5.55. The van der Waals surface area contributed by atoms with Gasteiger partial charge in [-0.15, -0.1) is 0 Å². The van der Waals surface area contributed by atoms with E-state index < -0.39 is 0 Å². The molecule has 144 valence electrons. The smallest absolute Gasteiger partial charge is 0.191 e. The van der Waals surface area contributed by atoms with Crippen LogP contribution in [0.1, 0.15) is 30.0 Å². The molecule has 0 saturated carbocycles. The third-order valence-electron chi connectivity index (χ3n) is 5.12. The fourth-order valence-electron chi connectivity index (χ4n) is 3.65. The Morgan fingerprint density at radius 2 is 2.19 bits per heavy atom. The van der Waals surface area contributed by atoms with Crippen LogP contribution < -0.4 is 10.6 Å². The van der Waals surface area contributed by atoms with E-state index in [2.05, 4.69) is 63.5 Å². The van der Waals surface area contributed by atoms with Crippen LogP contribution in [-0.4, -0.2) is 68.3 Å². The summed E-state index contributed by atoms with van der Waals surface area (Å²) in [5, 5.41) is 7.79. The normalized spacial score (nSPS) is 23.0. The quantitative estimate of drug-likeness (QED) is 0.590. The molecule has 2 unspecified atom stereocenters. The molecule has 2 saturated heterocycles. The third-order valence-corrected chi connectivity index (χ3v) is 6.52. The van der Waals surface area contributed by atoms with Crippen molar-refractivity contribution < 1.29 is 4.74 Å². The molecule has 0 aliphatic carbocycles. The molecule has 3 rings (SSSR count). The van der Waals surface area contributed by atoms with Gasteiger partial charge >= 0.3 is 0 Å². The number of nitrogens with zero attached hydrogens (tertiary/aromatic N) is 2. The van der Waals surface area contributed by atoms with Gasteiger partial charge in [-0.1, -0.05) is 29.8 Å². The van der Waals surface area contributed by atoms with E-state index in [-0.39, 0.29) is 0 Å². The minimum absolute atomic E-state index is 0.332. The highest BCUT2D eigenvalue weighted by molar-refractivity contribution is 8.00. The Balaban J connectivity index is 1.60. The van der Waals surface area contributed by atoms with Crippen LogP contribution in [0.5, 0.6) is 0 Å². The number of ether oxygens (including phenoxy) is 1. The van der Waals surface area contributed by atoms with Crippen molar-refractivity contribution in [3.8, 4) is 0 Å². The second-order valence-corrected chi connectivity index (χ2v) is 8.46. The molecule has 2 aliphatic rings. The van der Waals surface area contributed by atoms with Gasteiger partial charge in [0.1, 0.15) is 0 Å². The van der Waals surface area contributed by atoms with Crippen LogP contribution in [0.25, 0.3) is 0 Å². The first-order chi connectivity index (χ1) is 12.8. The Morgan fingerprint density at radius 3 is 2.88 bits per heavy atom. The highest BCUT2D eigenvalue weighted by Gasteiger charge is 2.23. The summed E-state index contributed by atoms with van der Waals surface area (Å²) in [5.41, 5.74) is 2.67. The largest absolute Gasteiger partial charge is 0.379 e. The van der Waals surface area contributed by atoms with E-state index in [9.17, 15) is 0 Å². The van der Waals surface area contributed by atoms with Crippen molar-refractivity contribution in [1.82, 2.24) is 15.5 Å². The van der Waals surface area contributed by atoms with Crippen LogP contribution in [0.4, 0.5) is 0 Å². The Kier molecular flexibility index (Phi) is 7.65. The van der Waals surface area contributed by atoms with Crippen LogP contribution in [-0.2, 0) is 4.74 Å². The third kappa shape index (κ3) is 5.63. The van der Waals surface area contributed by atoms with Gasteiger partial charge in [0.15, 0.2) is 5.96 Å². The van der Waals surface area contributed by atoms with Crippen molar-refractivity contribution in [3.63, 3.8) is 0 Å². The zero-order chi connectivity index (χ0) is 18.2. The van der Waals surface area contributed by atoms with Crippen molar-refractivity contribution >= 4 is 17.7 Å². The van der Waals surface area contributed by atoms with Gasteiger partial charge in [-0.25, -0.2) is 0 Å². The summed E-state index contributed by atoms with van der Waals surface area (Å²) in [7, 11) is 1.85. The molecule has 0 amide bonds. The number of guanidine groups is 1. The van der Waals surface area contributed by atoms with Gasteiger partial charge in [-0.3, -0.25) is 9.89 Å². The van der Waals surface area contributed by atoms with E-state index in [1.165, 1.54) is 29.7 Å². The predicted octanol–water partition coefficient (Wildman–Crippen LogP) is 2.43. The van der Waals surface area contributed by atoms with E-state index in [1.807, 2.05) is 7.05 Å². The number of hydrogen-bond donors (Lipinski definition) is 2. The van der Waals surface area contributed by atoms with E-state index >= 15 is 0 Å². The molecule has 0 spiro atoms. The number of morpholine rings is 1. The van der Waals surface area contributed by atoms with Crippen molar-refractivity contribution in [1.29, 1.82) is 0 Å². The minimum Gasteiger partial charge on any atom is -0.379 e. The number of rotatable bonds is 6. The molecule has 2 aliphatic heterocycles. The number of nitrogens with one attached hydrogen (secondary N) is 2. The molecule has 1 aromatic rings. The minimum atomic E-state index is 0.332. The summed E-state index contributed by atoms with van der Waals surface area (Å²) in [6.45, 7) is 7.59. The first-order valence-electron chi connectivity index (χ1n) is 9.71. The van der Waals surface area contributed by atoms with Crippen molar-refractivity contribution in [2.24, 2.45) is 4.99 Å². The standard InChI is InChI=1S/C20H32N4OS/c1-16-5-3-6-17(13-16)19(24-8-10-25-11-9-24)15-23-20(21-2)22-14-18-7-4-12-26-18/h3,5-6,13,18-19H,4,7-12,14-15H2,1-2H3,(H2,21,22,23). The Morgan fingerprint density at radius 1 is 1.35 bits per heavy atom. The lowest BCUT2D eigenvalue weighted by molar-refractivity contribution is 0.0170. The van der Waals surface area contributed by atoms with Gasteiger partial charge in [0.05, 0.1) is 19.3 Å². The first kappa shape index (κ1) is 19.5. The van der Waals surface area contributed by atoms with Crippen molar-refractivity contribution in [2.75, 3.05) is 52.2 Å². The zero-order valence-electron chi connectivity index (χ0n) is 16.0. The predicted molar refractivity (Wildman–Crippen MR) is 111 cm³/mol. The summed E-state index contributed by atoms with van der Waals surface area (Å²) >= 11 is 2.07. The van der Waals surface area contributed by atoms with Crippen molar-refractivity contribution in [3.05, 3.63) is 35.4 Å².